The van der Waals surface area contributed by atoms with Crippen LogP contribution in [0.5, 0.6) is 0 Å². The zero-order chi connectivity index (χ0) is 20.6. The van der Waals surface area contributed by atoms with E-state index in [-0.39, 0.29) is 17.7 Å². The molecule has 1 saturated heterocycles. The number of hydrogen-bond donors (Lipinski definition) is 1. The molecule has 1 N–H and O–H groups in total. The summed E-state index contributed by atoms with van der Waals surface area (Å²) in [6, 6.07) is 8.63. The average molecular weight is 421 g/mol. The van der Waals surface area contributed by atoms with Crippen molar-refractivity contribution >= 4 is 39.1 Å². The number of carbonyl (C=O) groups excluding carboxylic acids is 2. The maximum Gasteiger partial charge on any atom is 0.267 e. The van der Waals surface area contributed by atoms with Crippen LogP contribution in [0.2, 0.25) is 5.02 Å². The minimum atomic E-state index is -4.14. The van der Waals surface area contributed by atoms with Gasteiger partial charge in [-0.3, -0.25) is 9.59 Å². The molecule has 0 aromatic heterocycles. The van der Waals surface area contributed by atoms with Crippen molar-refractivity contribution in [2.45, 2.75) is 44.6 Å². The van der Waals surface area contributed by atoms with Gasteiger partial charge >= 0.3 is 0 Å². The lowest BCUT2D eigenvalue weighted by atomic mass is 10.1. The molecule has 0 bridgehead atoms. The Morgan fingerprint density at radius 1 is 1.14 bits per heavy atom. The van der Waals surface area contributed by atoms with E-state index in [4.69, 9.17) is 11.6 Å². The number of amides is 2. The largest absolute Gasteiger partial charge is 0.324 e. The third-order valence-corrected chi connectivity index (χ3v) is 7.26. The van der Waals surface area contributed by atoms with Gasteiger partial charge in [0.05, 0.1) is 4.90 Å². The van der Waals surface area contributed by atoms with Gasteiger partial charge < -0.3 is 5.32 Å². The second kappa shape index (κ2) is 7.56. The van der Waals surface area contributed by atoms with Gasteiger partial charge in [-0.05, 0) is 68.1 Å². The van der Waals surface area contributed by atoms with Crippen LogP contribution in [-0.2, 0) is 19.6 Å². The van der Waals surface area contributed by atoms with Crippen LogP contribution in [0, 0.1) is 20.8 Å². The van der Waals surface area contributed by atoms with E-state index in [1.165, 1.54) is 12.1 Å². The molecule has 6 nitrogen and oxygen atoms in total. The number of nitrogens with zero attached hydrogens (tertiary/aromatic N) is 1. The summed E-state index contributed by atoms with van der Waals surface area (Å²) >= 11 is 6.08. The summed E-state index contributed by atoms with van der Waals surface area (Å²) in [4.78, 5) is 25.2. The van der Waals surface area contributed by atoms with Crippen molar-refractivity contribution in [3.63, 3.8) is 0 Å². The summed E-state index contributed by atoms with van der Waals surface area (Å²) in [5.41, 5.74) is 2.89. The van der Waals surface area contributed by atoms with Crippen LogP contribution in [0.4, 0.5) is 5.69 Å². The Labute approximate surface area is 169 Å². The predicted molar refractivity (Wildman–Crippen MR) is 108 cm³/mol. The highest BCUT2D eigenvalue weighted by Crippen LogP contribution is 2.30. The lowest BCUT2D eigenvalue weighted by Gasteiger charge is -2.24. The minimum Gasteiger partial charge on any atom is -0.324 e. The van der Waals surface area contributed by atoms with Gasteiger partial charge in [-0.15, -0.1) is 0 Å². The zero-order valence-corrected chi connectivity index (χ0v) is 17.4. The van der Waals surface area contributed by atoms with Crippen molar-refractivity contribution in [1.82, 2.24) is 4.31 Å². The fourth-order valence-electron chi connectivity index (χ4n) is 3.15. The highest BCUT2D eigenvalue weighted by Gasteiger charge is 2.44. The smallest absolute Gasteiger partial charge is 0.267 e. The maximum absolute atomic E-state index is 13.1. The van der Waals surface area contributed by atoms with Crippen molar-refractivity contribution in [3.8, 4) is 0 Å². The first kappa shape index (κ1) is 20.4. The Kier molecular flexibility index (Phi) is 5.50. The van der Waals surface area contributed by atoms with Gasteiger partial charge in [0.2, 0.25) is 11.8 Å². The molecule has 0 unspecified atom stereocenters. The Morgan fingerprint density at radius 2 is 1.86 bits per heavy atom. The average Bonchev–Trinajstić information content (AvgIpc) is 3.03. The number of carbonyl (C=O) groups is 2. The van der Waals surface area contributed by atoms with E-state index in [1.807, 2.05) is 6.92 Å². The van der Waals surface area contributed by atoms with E-state index in [9.17, 15) is 18.0 Å². The molecule has 0 aliphatic carbocycles. The number of halogens is 1. The molecule has 2 aromatic rings. The highest BCUT2D eigenvalue weighted by molar-refractivity contribution is 7.89. The molecule has 3 rings (SSSR count). The van der Waals surface area contributed by atoms with Crippen molar-refractivity contribution in [2.24, 2.45) is 0 Å². The Balaban J connectivity index is 1.93. The third kappa shape index (κ3) is 3.64. The zero-order valence-electron chi connectivity index (χ0n) is 15.8. The summed E-state index contributed by atoms with van der Waals surface area (Å²) in [6.45, 7) is 5.42. The van der Waals surface area contributed by atoms with Crippen molar-refractivity contribution in [1.29, 1.82) is 0 Å². The van der Waals surface area contributed by atoms with E-state index in [0.717, 1.165) is 11.1 Å². The number of benzene rings is 2. The van der Waals surface area contributed by atoms with Crippen LogP contribution in [0.15, 0.2) is 41.3 Å². The van der Waals surface area contributed by atoms with Gasteiger partial charge in [-0.2, -0.15) is 0 Å². The highest BCUT2D eigenvalue weighted by atomic mass is 35.5. The molecule has 1 aliphatic heterocycles. The van der Waals surface area contributed by atoms with Gasteiger partial charge in [-0.25, -0.2) is 12.7 Å². The van der Waals surface area contributed by atoms with E-state index in [1.54, 1.807) is 38.1 Å². The fourth-order valence-corrected chi connectivity index (χ4v) is 5.01. The molecular weight excluding hydrogens is 400 g/mol. The second-order valence-electron chi connectivity index (χ2n) is 6.90. The monoisotopic (exact) mass is 420 g/mol. The summed E-state index contributed by atoms with van der Waals surface area (Å²) in [5.74, 6) is -1.13. The van der Waals surface area contributed by atoms with Crippen molar-refractivity contribution in [2.75, 3.05) is 5.32 Å². The molecule has 0 radical (unpaired) electrons. The molecule has 1 heterocycles. The van der Waals surface area contributed by atoms with E-state index >= 15 is 0 Å². The number of hydrogen-bond acceptors (Lipinski definition) is 4. The van der Waals surface area contributed by atoms with Crippen LogP contribution in [0.3, 0.4) is 0 Å². The number of sulfonamides is 1. The first-order valence-electron chi connectivity index (χ1n) is 8.83. The maximum atomic E-state index is 13.1. The molecule has 1 aliphatic rings. The molecule has 0 saturated carbocycles. The van der Waals surface area contributed by atoms with Gasteiger partial charge in [0, 0.05) is 17.1 Å². The van der Waals surface area contributed by atoms with E-state index in [2.05, 4.69) is 5.32 Å². The summed E-state index contributed by atoms with van der Waals surface area (Å²) in [6.07, 6.45) is 0.130. The Morgan fingerprint density at radius 3 is 2.54 bits per heavy atom. The number of anilines is 1. The number of rotatable bonds is 4. The molecule has 148 valence electrons. The molecule has 28 heavy (non-hydrogen) atoms. The molecule has 1 atom stereocenters. The van der Waals surface area contributed by atoms with Crippen LogP contribution >= 0.6 is 11.6 Å². The standard InChI is InChI=1S/C20H21ClN2O4S/c1-12-7-8-15(11-13(12)2)28(26,27)23-18(9-10-19(23)24)20(25)22-17-6-4-5-16(21)14(17)3/h4-8,11,18H,9-10H2,1-3H3,(H,22,25)/t18-/m0/s1. The second-order valence-corrected chi connectivity index (χ2v) is 9.12. The van der Waals surface area contributed by atoms with Gasteiger partial charge in [0.15, 0.2) is 0 Å². The summed E-state index contributed by atoms with van der Waals surface area (Å²) in [5, 5.41) is 3.19. The lowest BCUT2D eigenvalue weighted by Crippen LogP contribution is -2.45. The summed E-state index contributed by atoms with van der Waals surface area (Å²) in [7, 11) is -4.14. The van der Waals surface area contributed by atoms with Gasteiger partial charge in [0.1, 0.15) is 6.04 Å². The molecule has 2 amide bonds. The molecule has 1 fully saturated rings. The number of aryl methyl sites for hydroxylation is 2. The van der Waals surface area contributed by atoms with Crippen molar-refractivity contribution < 1.29 is 18.0 Å². The lowest BCUT2D eigenvalue weighted by molar-refractivity contribution is -0.128. The molecular formula is C20H21ClN2O4S. The Hall–Kier alpha value is -2.38. The van der Waals surface area contributed by atoms with Crippen molar-refractivity contribution in [3.05, 3.63) is 58.1 Å². The summed E-state index contributed by atoms with van der Waals surface area (Å²) < 4.78 is 26.9. The van der Waals surface area contributed by atoms with Crippen LogP contribution < -0.4 is 5.32 Å². The molecule has 8 heteroatoms. The van der Waals surface area contributed by atoms with Crippen LogP contribution in [-0.4, -0.2) is 30.6 Å². The first-order valence-corrected chi connectivity index (χ1v) is 10.6. The molecule has 0 spiro atoms. The molecule has 2 aromatic carbocycles. The van der Waals surface area contributed by atoms with E-state index in [0.29, 0.717) is 20.6 Å². The predicted octanol–water partition coefficient (Wildman–Crippen LogP) is 3.58. The topological polar surface area (TPSA) is 83.6 Å². The fraction of sp³-hybridized carbons (Fsp3) is 0.300. The van der Waals surface area contributed by atoms with Crippen LogP contribution in [0.25, 0.3) is 0 Å². The quantitative estimate of drug-likeness (QED) is 0.819. The third-order valence-electron chi connectivity index (χ3n) is 5.02. The number of nitrogens with one attached hydrogen (secondary N) is 1. The Bertz CT molecular complexity index is 1070. The van der Waals surface area contributed by atoms with Gasteiger partial charge in [-0.1, -0.05) is 23.7 Å². The minimum absolute atomic E-state index is 0.00239. The van der Waals surface area contributed by atoms with Gasteiger partial charge in [0.25, 0.3) is 10.0 Å². The van der Waals surface area contributed by atoms with E-state index < -0.39 is 27.9 Å². The first-order chi connectivity index (χ1) is 13.1. The van der Waals surface area contributed by atoms with Crippen LogP contribution in [0.1, 0.15) is 29.5 Å². The SMILES string of the molecule is Cc1ccc(S(=O)(=O)N2C(=O)CC[C@H]2C(=O)Nc2cccc(Cl)c2C)cc1C. The normalized spacial score (nSPS) is 17.1.